The standard InChI is InChI=1S/C16H21N5O3.2ClH/c1-11-2-3-13-12(8-11)19-16(24-13)21-6-4-20(5-7-21)15(23)10-18-14(22)9-17;;/h2-3,8H,4-7,9-10,17H2,1H3,(H,18,22);2*1H. The van der Waals surface area contributed by atoms with Gasteiger partial charge < -0.3 is 25.3 Å². The van der Waals surface area contributed by atoms with E-state index in [1.165, 1.54) is 0 Å². The molecule has 0 atom stereocenters. The summed E-state index contributed by atoms with van der Waals surface area (Å²) in [4.78, 5) is 31.4. The number of benzene rings is 1. The maximum Gasteiger partial charge on any atom is 0.298 e. The van der Waals surface area contributed by atoms with Crippen LogP contribution < -0.4 is 16.0 Å². The van der Waals surface area contributed by atoms with Gasteiger partial charge in [0.2, 0.25) is 11.8 Å². The Bertz CT molecular complexity index is 759. The number of piperazine rings is 1. The van der Waals surface area contributed by atoms with E-state index >= 15 is 0 Å². The van der Waals surface area contributed by atoms with Crippen molar-refractivity contribution in [1.82, 2.24) is 15.2 Å². The predicted octanol–water partition coefficient (Wildman–Crippen LogP) is 0.703. The molecule has 0 radical (unpaired) electrons. The van der Waals surface area contributed by atoms with Crippen molar-refractivity contribution in [3.05, 3.63) is 23.8 Å². The van der Waals surface area contributed by atoms with Gasteiger partial charge in [0.25, 0.3) is 6.01 Å². The second kappa shape index (κ2) is 9.61. The summed E-state index contributed by atoms with van der Waals surface area (Å²) in [6.45, 7) is 4.30. The van der Waals surface area contributed by atoms with Crippen LogP contribution in [0.1, 0.15) is 5.56 Å². The topological polar surface area (TPSA) is 105 Å². The fourth-order valence-corrected chi connectivity index (χ4v) is 2.67. The highest BCUT2D eigenvalue weighted by Gasteiger charge is 2.24. The summed E-state index contributed by atoms with van der Waals surface area (Å²) in [5.74, 6) is -0.437. The number of nitrogens with two attached hydrogens (primary N) is 1. The zero-order valence-electron chi connectivity index (χ0n) is 14.4. The van der Waals surface area contributed by atoms with Crippen molar-refractivity contribution in [2.45, 2.75) is 6.92 Å². The lowest BCUT2D eigenvalue weighted by molar-refractivity contribution is -0.132. The van der Waals surface area contributed by atoms with Gasteiger partial charge >= 0.3 is 0 Å². The van der Waals surface area contributed by atoms with E-state index in [9.17, 15) is 9.59 Å². The Morgan fingerprint density at radius 3 is 2.58 bits per heavy atom. The summed E-state index contributed by atoms with van der Waals surface area (Å²) in [6.07, 6.45) is 0. The fourth-order valence-electron chi connectivity index (χ4n) is 2.67. The van der Waals surface area contributed by atoms with Crippen LogP contribution in [0.2, 0.25) is 0 Å². The Morgan fingerprint density at radius 1 is 1.23 bits per heavy atom. The van der Waals surface area contributed by atoms with Gasteiger partial charge in [-0.25, -0.2) is 0 Å². The minimum absolute atomic E-state index is 0. The molecule has 3 rings (SSSR count). The maximum absolute atomic E-state index is 12.1. The van der Waals surface area contributed by atoms with Gasteiger partial charge in [0.05, 0.1) is 13.1 Å². The van der Waals surface area contributed by atoms with E-state index in [1.54, 1.807) is 4.90 Å². The molecule has 1 aromatic heterocycles. The summed E-state index contributed by atoms with van der Waals surface area (Å²) in [5, 5.41) is 2.50. The van der Waals surface area contributed by atoms with Crippen molar-refractivity contribution >= 4 is 53.7 Å². The zero-order chi connectivity index (χ0) is 17.1. The first kappa shape index (κ1) is 22.0. The molecule has 2 aromatic rings. The van der Waals surface area contributed by atoms with Crippen molar-refractivity contribution in [3.8, 4) is 0 Å². The highest BCUT2D eigenvalue weighted by atomic mass is 35.5. The van der Waals surface area contributed by atoms with E-state index < -0.39 is 0 Å². The van der Waals surface area contributed by atoms with Crippen LogP contribution in [0.4, 0.5) is 6.01 Å². The van der Waals surface area contributed by atoms with Gasteiger partial charge in [0, 0.05) is 26.2 Å². The monoisotopic (exact) mass is 403 g/mol. The van der Waals surface area contributed by atoms with Gasteiger partial charge in [-0.2, -0.15) is 4.98 Å². The van der Waals surface area contributed by atoms with Gasteiger partial charge in [-0.05, 0) is 24.6 Å². The number of aryl methyl sites for hydroxylation is 1. The molecule has 2 heterocycles. The number of carbonyl (C=O) groups is 2. The lowest BCUT2D eigenvalue weighted by atomic mass is 10.2. The van der Waals surface area contributed by atoms with E-state index in [1.807, 2.05) is 30.0 Å². The minimum Gasteiger partial charge on any atom is -0.423 e. The molecule has 0 spiro atoms. The summed E-state index contributed by atoms with van der Waals surface area (Å²) in [7, 11) is 0. The van der Waals surface area contributed by atoms with Crippen molar-refractivity contribution in [2.24, 2.45) is 5.73 Å². The number of amides is 2. The summed E-state index contributed by atoms with van der Waals surface area (Å²) >= 11 is 0. The molecule has 2 amide bonds. The number of nitrogens with zero attached hydrogens (tertiary/aromatic N) is 3. The first-order valence-electron chi connectivity index (χ1n) is 7.93. The van der Waals surface area contributed by atoms with Crippen LogP contribution in [0.25, 0.3) is 11.1 Å². The number of anilines is 1. The molecule has 144 valence electrons. The number of rotatable bonds is 4. The molecule has 0 unspecified atom stereocenters. The smallest absolute Gasteiger partial charge is 0.298 e. The van der Waals surface area contributed by atoms with Crippen LogP contribution in [0.3, 0.4) is 0 Å². The predicted molar refractivity (Wildman–Crippen MR) is 104 cm³/mol. The molecule has 1 aliphatic heterocycles. The molecule has 1 fully saturated rings. The van der Waals surface area contributed by atoms with Gasteiger partial charge in [0.15, 0.2) is 5.58 Å². The number of aromatic nitrogens is 1. The van der Waals surface area contributed by atoms with Gasteiger partial charge in [-0.15, -0.1) is 24.8 Å². The van der Waals surface area contributed by atoms with Crippen molar-refractivity contribution in [2.75, 3.05) is 44.2 Å². The third-order valence-electron chi connectivity index (χ3n) is 4.06. The minimum atomic E-state index is -0.330. The number of hydrogen-bond donors (Lipinski definition) is 2. The van der Waals surface area contributed by atoms with Gasteiger partial charge in [0.1, 0.15) is 5.52 Å². The molecule has 0 saturated carbocycles. The first-order valence-corrected chi connectivity index (χ1v) is 7.93. The summed E-state index contributed by atoms with van der Waals surface area (Å²) < 4.78 is 5.79. The molecule has 1 aromatic carbocycles. The van der Waals surface area contributed by atoms with Crippen LogP contribution in [0.5, 0.6) is 0 Å². The normalized spacial score (nSPS) is 13.8. The molecule has 1 saturated heterocycles. The summed E-state index contributed by atoms with van der Waals surface area (Å²) in [6, 6.07) is 6.48. The molecule has 3 N–H and O–H groups in total. The third kappa shape index (κ3) is 5.00. The number of carbonyl (C=O) groups excluding carboxylic acids is 2. The second-order valence-corrected chi connectivity index (χ2v) is 5.82. The van der Waals surface area contributed by atoms with Crippen LogP contribution in [0.15, 0.2) is 22.6 Å². The molecule has 1 aliphatic rings. The van der Waals surface area contributed by atoms with Crippen molar-refractivity contribution in [1.29, 1.82) is 0 Å². The Hall–Kier alpha value is -2.03. The highest BCUT2D eigenvalue weighted by Crippen LogP contribution is 2.23. The van der Waals surface area contributed by atoms with Gasteiger partial charge in [-0.1, -0.05) is 6.07 Å². The average Bonchev–Trinajstić information content (AvgIpc) is 3.02. The summed E-state index contributed by atoms with van der Waals surface area (Å²) in [5.41, 5.74) is 7.94. The molecule has 0 bridgehead atoms. The van der Waals surface area contributed by atoms with E-state index in [4.69, 9.17) is 10.2 Å². The molecule has 8 nitrogen and oxygen atoms in total. The number of oxazole rings is 1. The lowest BCUT2D eigenvalue weighted by Gasteiger charge is -2.33. The Morgan fingerprint density at radius 2 is 1.92 bits per heavy atom. The number of fused-ring (bicyclic) bond motifs is 1. The molecule has 26 heavy (non-hydrogen) atoms. The van der Waals surface area contributed by atoms with E-state index in [2.05, 4.69) is 10.3 Å². The van der Waals surface area contributed by atoms with Crippen LogP contribution in [-0.4, -0.2) is 61.0 Å². The molecule has 10 heteroatoms. The Labute approximate surface area is 163 Å². The quantitative estimate of drug-likeness (QED) is 0.778. The Kier molecular flexibility index (Phi) is 8.13. The Balaban J connectivity index is 0.00000169. The SMILES string of the molecule is Cc1ccc2oc(N3CCN(C(=O)CNC(=O)CN)CC3)nc2c1.Cl.Cl. The van der Waals surface area contributed by atoms with Gasteiger partial charge in [-0.3, -0.25) is 9.59 Å². The average molecular weight is 404 g/mol. The number of hydrogen-bond acceptors (Lipinski definition) is 6. The van der Waals surface area contributed by atoms with Crippen molar-refractivity contribution in [3.63, 3.8) is 0 Å². The molecular weight excluding hydrogens is 381 g/mol. The largest absolute Gasteiger partial charge is 0.423 e. The second-order valence-electron chi connectivity index (χ2n) is 5.82. The highest BCUT2D eigenvalue weighted by molar-refractivity contribution is 5.86. The number of halogens is 2. The maximum atomic E-state index is 12.1. The van der Waals surface area contributed by atoms with E-state index in [0.29, 0.717) is 32.2 Å². The third-order valence-corrected chi connectivity index (χ3v) is 4.06. The molecule has 0 aliphatic carbocycles. The van der Waals surface area contributed by atoms with Crippen molar-refractivity contribution < 1.29 is 14.0 Å². The van der Waals surface area contributed by atoms with Crippen LogP contribution >= 0.6 is 24.8 Å². The van der Waals surface area contributed by atoms with E-state index in [-0.39, 0.29) is 49.7 Å². The lowest BCUT2D eigenvalue weighted by Crippen LogP contribution is -2.51. The van der Waals surface area contributed by atoms with Crippen LogP contribution in [0, 0.1) is 6.92 Å². The van der Waals surface area contributed by atoms with E-state index in [0.717, 1.165) is 16.7 Å². The first-order chi connectivity index (χ1) is 11.6. The molecular formula is C16H23Cl2N5O3. The van der Waals surface area contributed by atoms with Crippen LogP contribution in [-0.2, 0) is 9.59 Å². The zero-order valence-corrected chi connectivity index (χ0v) is 16.1. The fraction of sp³-hybridized carbons (Fsp3) is 0.438. The number of nitrogens with one attached hydrogen (secondary N) is 1.